The Balaban J connectivity index is 1.57. The molecular weight excluding hydrogens is 388 g/mol. The molecule has 0 bridgehead atoms. The van der Waals surface area contributed by atoms with E-state index in [1.165, 1.54) is 6.26 Å². The van der Waals surface area contributed by atoms with E-state index < -0.39 is 10.0 Å². The number of amides is 1. The largest absolute Gasteiger partial charge is 0.459 e. The van der Waals surface area contributed by atoms with Crippen LogP contribution in [-0.4, -0.2) is 25.8 Å². The van der Waals surface area contributed by atoms with Crippen molar-refractivity contribution in [3.63, 3.8) is 0 Å². The fraction of sp³-hybridized carbons (Fsp3) is 0.227. The Bertz CT molecular complexity index is 1170. The molecule has 0 saturated heterocycles. The van der Waals surface area contributed by atoms with Crippen molar-refractivity contribution in [1.29, 1.82) is 0 Å². The van der Waals surface area contributed by atoms with Crippen LogP contribution in [0.1, 0.15) is 32.8 Å². The number of furan rings is 1. The van der Waals surface area contributed by atoms with Crippen molar-refractivity contribution in [3.8, 4) is 0 Å². The van der Waals surface area contributed by atoms with E-state index in [0.29, 0.717) is 36.5 Å². The van der Waals surface area contributed by atoms with Gasteiger partial charge in [0.05, 0.1) is 11.2 Å². The number of carbonyl (C=O) groups excluding carboxylic acids is 1. The lowest BCUT2D eigenvalue weighted by atomic mass is 9.99. The molecule has 3 aromatic rings. The monoisotopic (exact) mass is 410 g/mol. The molecule has 2 aromatic carbocycles. The first-order valence-electron chi connectivity index (χ1n) is 9.38. The van der Waals surface area contributed by atoms with E-state index in [2.05, 4.69) is 4.72 Å². The standard InChI is InChI=1S/C22H22N2O4S/c1-15-5-8-21(16(2)12-15)29(26,27)23-19-7-6-17-9-10-24(14-18(17)13-19)22(25)20-4-3-11-28-20/h3-8,11-13,23H,9-10,14H2,1-2H3. The Kier molecular flexibility index (Phi) is 4.92. The van der Waals surface area contributed by atoms with Crippen molar-refractivity contribution in [2.75, 3.05) is 11.3 Å². The molecule has 1 N–H and O–H groups in total. The number of anilines is 1. The maximum absolute atomic E-state index is 12.8. The molecule has 6 nitrogen and oxygen atoms in total. The highest BCUT2D eigenvalue weighted by Gasteiger charge is 2.24. The molecule has 0 spiro atoms. The second kappa shape index (κ2) is 7.40. The third kappa shape index (κ3) is 3.91. The highest BCUT2D eigenvalue weighted by atomic mass is 32.2. The summed E-state index contributed by atoms with van der Waals surface area (Å²) in [5.41, 5.74) is 4.23. The number of benzene rings is 2. The minimum absolute atomic E-state index is 0.165. The minimum Gasteiger partial charge on any atom is -0.459 e. The van der Waals surface area contributed by atoms with Gasteiger partial charge in [0.2, 0.25) is 0 Å². The number of carbonyl (C=O) groups is 1. The molecule has 29 heavy (non-hydrogen) atoms. The number of hydrogen-bond acceptors (Lipinski definition) is 4. The van der Waals surface area contributed by atoms with Gasteiger partial charge in [0.15, 0.2) is 5.76 Å². The smallest absolute Gasteiger partial charge is 0.289 e. The average molecular weight is 410 g/mol. The van der Waals surface area contributed by atoms with Gasteiger partial charge in [-0.05, 0) is 67.3 Å². The zero-order valence-corrected chi connectivity index (χ0v) is 17.1. The zero-order chi connectivity index (χ0) is 20.6. The SMILES string of the molecule is Cc1ccc(S(=O)(=O)Nc2ccc3c(c2)CN(C(=O)c2ccco2)CC3)c(C)c1. The highest BCUT2D eigenvalue weighted by Crippen LogP contribution is 2.26. The van der Waals surface area contributed by atoms with Gasteiger partial charge in [0.25, 0.3) is 15.9 Å². The number of fused-ring (bicyclic) bond motifs is 1. The summed E-state index contributed by atoms with van der Waals surface area (Å²) in [6.45, 7) is 4.72. The number of sulfonamides is 1. The van der Waals surface area contributed by atoms with Gasteiger partial charge in [-0.2, -0.15) is 0 Å². The first kappa shape index (κ1) is 19.3. The molecule has 0 saturated carbocycles. The first-order chi connectivity index (χ1) is 13.8. The first-order valence-corrected chi connectivity index (χ1v) is 10.9. The summed E-state index contributed by atoms with van der Waals surface area (Å²) in [6.07, 6.45) is 2.19. The predicted octanol–water partition coefficient (Wildman–Crippen LogP) is 3.90. The Hall–Kier alpha value is -3.06. The molecule has 0 aliphatic carbocycles. The van der Waals surface area contributed by atoms with E-state index in [1.807, 2.05) is 19.1 Å². The number of nitrogens with zero attached hydrogens (tertiary/aromatic N) is 1. The van der Waals surface area contributed by atoms with Crippen molar-refractivity contribution in [3.05, 3.63) is 82.8 Å². The quantitative estimate of drug-likeness (QED) is 0.708. The van der Waals surface area contributed by atoms with Crippen molar-refractivity contribution in [2.45, 2.75) is 31.7 Å². The predicted molar refractivity (Wildman–Crippen MR) is 110 cm³/mol. The van der Waals surface area contributed by atoms with E-state index >= 15 is 0 Å². The maximum atomic E-state index is 12.8. The summed E-state index contributed by atoms with van der Waals surface area (Å²) in [6, 6.07) is 14.1. The molecule has 1 aromatic heterocycles. The van der Waals surface area contributed by atoms with Crippen LogP contribution in [0, 0.1) is 13.8 Å². The molecule has 7 heteroatoms. The van der Waals surface area contributed by atoms with Crippen LogP contribution in [0.15, 0.2) is 64.1 Å². The summed E-state index contributed by atoms with van der Waals surface area (Å²) >= 11 is 0. The Labute approximate surface area is 170 Å². The Morgan fingerprint density at radius 3 is 2.62 bits per heavy atom. The van der Waals surface area contributed by atoms with Gasteiger partial charge in [0.1, 0.15) is 0 Å². The summed E-state index contributed by atoms with van der Waals surface area (Å²) < 4.78 is 33.6. The molecule has 150 valence electrons. The van der Waals surface area contributed by atoms with Crippen LogP contribution < -0.4 is 4.72 Å². The lowest BCUT2D eigenvalue weighted by Gasteiger charge is -2.28. The second-order valence-electron chi connectivity index (χ2n) is 7.31. The van der Waals surface area contributed by atoms with Gasteiger partial charge in [-0.1, -0.05) is 23.8 Å². The molecule has 1 aliphatic heterocycles. The second-order valence-corrected chi connectivity index (χ2v) is 8.96. The van der Waals surface area contributed by atoms with Crippen LogP contribution in [0.3, 0.4) is 0 Å². The topological polar surface area (TPSA) is 79.6 Å². The normalized spacial score (nSPS) is 13.8. The van der Waals surface area contributed by atoms with Gasteiger partial charge < -0.3 is 9.32 Å². The van der Waals surface area contributed by atoms with Gasteiger partial charge in [-0.25, -0.2) is 8.42 Å². The van der Waals surface area contributed by atoms with E-state index in [1.54, 1.807) is 48.2 Å². The lowest BCUT2D eigenvalue weighted by molar-refractivity contribution is 0.0702. The van der Waals surface area contributed by atoms with Gasteiger partial charge in [-0.15, -0.1) is 0 Å². The fourth-order valence-corrected chi connectivity index (χ4v) is 4.94. The van der Waals surface area contributed by atoms with Crippen molar-refractivity contribution >= 4 is 21.6 Å². The molecule has 1 amide bonds. The molecule has 0 unspecified atom stereocenters. The third-order valence-corrected chi connectivity index (χ3v) is 6.65. The molecular formula is C22H22N2O4S. The summed E-state index contributed by atoms with van der Waals surface area (Å²) in [5.74, 6) is 0.141. The maximum Gasteiger partial charge on any atom is 0.289 e. The van der Waals surface area contributed by atoms with Crippen LogP contribution in [0.25, 0.3) is 0 Å². The molecule has 1 aliphatic rings. The number of aryl methyl sites for hydroxylation is 2. The van der Waals surface area contributed by atoms with E-state index in [9.17, 15) is 13.2 Å². The van der Waals surface area contributed by atoms with E-state index in [0.717, 1.165) is 16.7 Å². The van der Waals surface area contributed by atoms with Crippen LogP contribution in [0.4, 0.5) is 5.69 Å². The Morgan fingerprint density at radius 2 is 1.90 bits per heavy atom. The zero-order valence-electron chi connectivity index (χ0n) is 16.3. The van der Waals surface area contributed by atoms with Crippen molar-refractivity contribution < 1.29 is 17.6 Å². The van der Waals surface area contributed by atoms with Gasteiger partial charge >= 0.3 is 0 Å². The third-order valence-electron chi connectivity index (χ3n) is 5.11. The van der Waals surface area contributed by atoms with Crippen LogP contribution in [0.2, 0.25) is 0 Å². The summed E-state index contributed by atoms with van der Waals surface area (Å²) in [5, 5.41) is 0. The van der Waals surface area contributed by atoms with E-state index in [4.69, 9.17) is 4.42 Å². The van der Waals surface area contributed by atoms with Gasteiger partial charge in [0, 0.05) is 18.8 Å². The highest BCUT2D eigenvalue weighted by molar-refractivity contribution is 7.92. The van der Waals surface area contributed by atoms with Crippen LogP contribution in [0.5, 0.6) is 0 Å². The van der Waals surface area contributed by atoms with Crippen LogP contribution >= 0.6 is 0 Å². The average Bonchev–Trinajstić information content (AvgIpc) is 3.21. The molecule has 0 atom stereocenters. The Morgan fingerprint density at radius 1 is 1.07 bits per heavy atom. The van der Waals surface area contributed by atoms with Crippen LogP contribution in [-0.2, 0) is 23.0 Å². The number of rotatable bonds is 4. The molecule has 0 fully saturated rings. The minimum atomic E-state index is -3.70. The lowest BCUT2D eigenvalue weighted by Crippen LogP contribution is -2.35. The molecule has 4 rings (SSSR count). The number of nitrogens with one attached hydrogen (secondary N) is 1. The number of hydrogen-bond donors (Lipinski definition) is 1. The molecule has 2 heterocycles. The summed E-state index contributed by atoms with van der Waals surface area (Å²) in [4.78, 5) is 14.5. The fourth-order valence-electron chi connectivity index (χ4n) is 3.66. The molecule has 0 radical (unpaired) electrons. The van der Waals surface area contributed by atoms with Crippen molar-refractivity contribution in [2.24, 2.45) is 0 Å². The van der Waals surface area contributed by atoms with E-state index in [-0.39, 0.29) is 10.8 Å². The summed E-state index contributed by atoms with van der Waals surface area (Å²) in [7, 11) is -3.70. The van der Waals surface area contributed by atoms with Gasteiger partial charge in [-0.3, -0.25) is 9.52 Å². The van der Waals surface area contributed by atoms with Crippen molar-refractivity contribution in [1.82, 2.24) is 4.90 Å².